The van der Waals surface area contributed by atoms with E-state index in [0.29, 0.717) is 5.33 Å². The van der Waals surface area contributed by atoms with E-state index in [9.17, 15) is 10.1 Å². The molecule has 0 spiro atoms. The molecule has 0 heterocycles. The molecule has 20 heavy (non-hydrogen) atoms. The van der Waals surface area contributed by atoms with Gasteiger partial charge in [0.25, 0.3) is 5.69 Å². The molecular weight excluding hydrogens is 320 g/mol. The van der Waals surface area contributed by atoms with E-state index in [1.165, 1.54) is 0 Å². The first-order valence-corrected chi connectivity index (χ1v) is 8.34. The molecule has 0 aliphatic rings. The molecule has 0 aliphatic heterocycles. The van der Waals surface area contributed by atoms with E-state index >= 15 is 0 Å². The van der Waals surface area contributed by atoms with Crippen molar-refractivity contribution in [2.45, 2.75) is 44.9 Å². The highest BCUT2D eigenvalue weighted by molar-refractivity contribution is 9.08. The quantitative estimate of drug-likeness (QED) is 0.364. The molecule has 0 aliphatic carbocycles. The van der Waals surface area contributed by atoms with Crippen molar-refractivity contribution < 1.29 is 4.92 Å². The van der Waals surface area contributed by atoms with Crippen molar-refractivity contribution in [1.82, 2.24) is 0 Å². The van der Waals surface area contributed by atoms with Crippen LogP contribution in [0, 0.1) is 10.1 Å². The predicted octanol–water partition coefficient (Wildman–Crippen LogP) is 4.90. The van der Waals surface area contributed by atoms with Gasteiger partial charge in [-0.15, -0.1) is 0 Å². The average Bonchev–Trinajstić information content (AvgIpc) is 2.47. The van der Waals surface area contributed by atoms with Crippen molar-refractivity contribution in [3.05, 3.63) is 33.9 Å². The monoisotopic (exact) mass is 342 g/mol. The van der Waals surface area contributed by atoms with Crippen molar-refractivity contribution in [3.8, 4) is 0 Å². The second-order valence-electron chi connectivity index (χ2n) is 4.90. The molecule has 0 bridgehead atoms. The van der Waals surface area contributed by atoms with Crippen molar-refractivity contribution >= 4 is 27.3 Å². The maximum absolute atomic E-state index is 10.9. The zero-order valence-corrected chi connectivity index (χ0v) is 13.9. The van der Waals surface area contributed by atoms with Crippen molar-refractivity contribution in [3.63, 3.8) is 0 Å². The molecule has 0 saturated carbocycles. The molecule has 0 aromatic heterocycles. The molecule has 1 aromatic carbocycles. The number of nitro benzene ring substituents is 1. The minimum absolute atomic E-state index is 0.161. The number of anilines is 1. The standard InChI is InChI=1S/C15H23BrN2O2/c1-3-5-9-17(10-6-4-2)15-8-7-14(18(19)20)11-13(15)12-16/h7-8,11H,3-6,9-10,12H2,1-2H3. The van der Waals surface area contributed by atoms with Gasteiger partial charge in [-0.1, -0.05) is 42.6 Å². The number of hydrogen-bond donors (Lipinski definition) is 0. The third-order valence-corrected chi connectivity index (χ3v) is 3.93. The highest BCUT2D eigenvalue weighted by Crippen LogP contribution is 2.28. The predicted molar refractivity (Wildman–Crippen MR) is 87.8 cm³/mol. The fourth-order valence-corrected chi connectivity index (χ4v) is 2.60. The lowest BCUT2D eigenvalue weighted by molar-refractivity contribution is -0.384. The zero-order chi connectivity index (χ0) is 15.0. The second-order valence-corrected chi connectivity index (χ2v) is 5.46. The summed E-state index contributed by atoms with van der Waals surface area (Å²) >= 11 is 3.45. The molecule has 5 heteroatoms. The minimum Gasteiger partial charge on any atom is -0.371 e. The molecule has 0 unspecified atom stereocenters. The Labute approximate surface area is 129 Å². The minimum atomic E-state index is -0.335. The Morgan fingerprint density at radius 3 is 2.25 bits per heavy atom. The molecule has 0 amide bonds. The van der Waals surface area contributed by atoms with Gasteiger partial charge >= 0.3 is 0 Å². The Morgan fingerprint density at radius 2 is 1.80 bits per heavy atom. The van der Waals surface area contributed by atoms with Crippen LogP contribution >= 0.6 is 15.9 Å². The summed E-state index contributed by atoms with van der Waals surface area (Å²) in [6, 6.07) is 5.17. The summed E-state index contributed by atoms with van der Waals surface area (Å²) in [6.45, 7) is 6.38. The van der Waals surface area contributed by atoms with Crippen LogP contribution in [0.15, 0.2) is 18.2 Å². The number of unbranched alkanes of at least 4 members (excludes halogenated alkanes) is 2. The lowest BCUT2D eigenvalue weighted by atomic mass is 10.1. The van der Waals surface area contributed by atoms with Gasteiger partial charge in [0.2, 0.25) is 0 Å². The van der Waals surface area contributed by atoms with E-state index in [-0.39, 0.29) is 10.6 Å². The van der Waals surface area contributed by atoms with E-state index in [4.69, 9.17) is 0 Å². The average molecular weight is 343 g/mol. The van der Waals surface area contributed by atoms with Crippen molar-refractivity contribution in [2.75, 3.05) is 18.0 Å². The fourth-order valence-electron chi connectivity index (χ4n) is 2.15. The van der Waals surface area contributed by atoms with Crippen LogP contribution in [0.2, 0.25) is 0 Å². The van der Waals surface area contributed by atoms with Crippen LogP contribution in [-0.2, 0) is 5.33 Å². The Bertz CT molecular complexity index is 430. The highest BCUT2D eigenvalue weighted by Gasteiger charge is 2.14. The summed E-state index contributed by atoms with van der Waals surface area (Å²) in [5, 5.41) is 11.5. The molecular formula is C15H23BrN2O2. The van der Waals surface area contributed by atoms with E-state index in [0.717, 1.165) is 50.0 Å². The maximum Gasteiger partial charge on any atom is 0.269 e. The Hall–Kier alpha value is -1.10. The van der Waals surface area contributed by atoms with E-state index in [2.05, 4.69) is 34.7 Å². The first kappa shape index (κ1) is 17.0. The van der Waals surface area contributed by atoms with Crippen LogP contribution < -0.4 is 4.90 Å². The van der Waals surface area contributed by atoms with Crippen LogP contribution in [0.5, 0.6) is 0 Å². The molecule has 0 atom stereocenters. The van der Waals surface area contributed by atoms with Gasteiger partial charge < -0.3 is 4.90 Å². The Kier molecular flexibility index (Phi) is 7.59. The number of nitrogens with zero attached hydrogens (tertiary/aromatic N) is 2. The summed E-state index contributed by atoms with van der Waals surface area (Å²) in [6.07, 6.45) is 4.59. The molecule has 0 fully saturated rings. The lowest BCUT2D eigenvalue weighted by Crippen LogP contribution is -2.26. The first-order chi connectivity index (χ1) is 9.63. The third kappa shape index (κ3) is 4.78. The van der Waals surface area contributed by atoms with Crippen molar-refractivity contribution in [1.29, 1.82) is 0 Å². The summed E-state index contributed by atoms with van der Waals surface area (Å²) < 4.78 is 0. The van der Waals surface area contributed by atoms with Gasteiger partial charge in [-0.3, -0.25) is 10.1 Å². The first-order valence-electron chi connectivity index (χ1n) is 7.22. The zero-order valence-electron chi connectivity index (χ0n) is 12.3. The molecule has 0 radical (unpaired) electrons. The largest absolute Gasteiger partial charge is 0.371 e. The summed E-state index contributed by atoms with van der Waals surface area (Å²) in [5.74, 6) is 0. The molecule has 112 valence electrons. The number of nitro groups is 1. The van der Waals surface area contributed by atoms with Crippen molar-refractivity contribution in [2.24, 2.45) is 0 Å². The second kappa shape index (κ2) is 8.95. The van der Waals surface area contributed by atoms with Gasteiger partial charge in [0.05, 0.1) is 4.92 Å². The molecule has 1 aromatic rings. The van der Waals surface area contributed by atoms with E-state index in [1.54, 1.807) is 12.1 Å². The number of halogens is 1. The molecule has 0 N–H and O–H groups in total. The van der Waals surface area contributed by atoms with Crippen LogP contribution in [0.3, 0.4) is 0 Å². The molecule has 1 rings (SSSR count). The van der Waals surface area contributed by atoms with E-state index in [1.807, 2.05) is 6.07 Å². The van der Waals surface area contributed by atoms with Gasteiger partial charge in [-0.05, 0) is 24.5 Å². The van der Waals surface area contributed by atoms with Gasteiger partial charge in [-0.2, -0.15) is 0 Å². The van der Waals surface area contributed by atoms with Crippen LogP contribution in [0.1, 0.15) is 45.1 Å². The van der Waals surface area contributed by atoms with Crippen LogP contribution in [0.4, 0.5) is 11.4 Å². The summed E-state index contributed by atoms with van der Waals surface area (Å²) in [5.41, 5.74) is 2.27. The third-order valence-electron chi connectivity index (χ3n) is 3.32. The summed E-state index contributed by atoms with van der Waals surface area (Å²) in [4.78, 5) is 12.9. The van der Waals surface area contributed by atoms with Crippen LogP contribution in [-0.4, -0.2) is 18.0 Å². The lowest BCUT2D eigenvalue weighted by Gasteiger charge is -2.26. The smallest absolute Gasteiger partial charge is 0.269 e. The fraction of sp³-hybridized carbons (Fsp3) is 0.600. The number of alkyl halides is 1. The Morgan fingerprint density at radius 1 is 1.20 bits per heavy atom. The van der Waals surface area contributed by atoms with E-state index < -0.39 is 0 Å². The number of benzene rings is 1. The SMILES string of the molecule is CCCCN(CCCC)c1ccc([N+](=O)[O-])cc1CBr. The topological polar surface area (TPSA) is 46.4 Å². The summed E-state index contributed by atoms with van der Waals surface area (Å²) in [7, 11) is 0. The number of hydrogen-bond acceptors (Lipinski definition) is 3. The highest BCUT2D eigenvalue weighted by atomic mass is 79.9. The molecule has 0 saturated heterocycles. The van der Waals surface area contributed by atoms with Gasteiger partial charge in [0, 0.05) is 36.2 Å². The van der Waals surface area contributed by atoms with Gasteiger partial charge in [0.15, 0.2) is 0 Å². The molecule has 4 nitrogen and oxygen atoms in total. The number of non-ortho nitro benzene ring substituents is 1. The van der Waals surface area contributed by atoms with Gasteiger partial charge in [0.1, 0.15) is 0 Å². The maximum atomic E-state index is 10.9. The van der Waals surface area contributed by atoms with Gasteiger partial charge in [-0.25, -0.2) is 0 Å². The Balaban J connectivity index is 3.00. The number of rotatable bonds is 9. The van der Waals surface area contributed by atoms with Crippen LogP contribution in [0.25, 0.3) is 0 Å². The normalized spacial score (nSPS) is 10.6.